The number of rotatable bonds is 11. The predicted molar refractivity (Wildman–Crippen MR) is 130 cm³/mol. The van der Waals surface area contributed by atoms with Crippen molar-refractivity contribution in [3.8, 4) is 17.0 Å². The second kappa shape index (κ2) is 11.7. The van der Waals surface area contributed by atoms with Crippen molar-refractivity contribution in [1.29, 1.82) is 0 Å². The number of ether oxygens (including phenoxy) is 1. The maximum atomic E-state index is 10.5. The van der Waals surface area contributed by atoms with Gasteiger partial charge in [0.15, 0.2) is 0 Å². The molecule has 1 N–H and O–H groups in total. The Kier molecular flexibility index (Phi) is 8.77. The summed E-state index contributed by atoms with van der Waals surface area (Å²) in [5.41, 5.74) is 2.69. The summed E-state index contributed by atoms with van der Waals surface area (Å²) < 4.78 is 7.80. The zero-order valence-corrected chi connectivity index (χ0v) is 19.4. The standard InChI is InChI=1S/C25H26Cl2N2O3/c1-2-29-17-23(21-13-10-19(26)16-22(21)27)28-24(29)14-9-18-7-11-20(12-8-18)32-15-5-3-4-6-25(30)31/h7-14,16-17H,2-6,15H2,1H3,(H,30,31). The van der Waals surface area contributed by atoms with Crippen LogP contribution < -0.4 is 4.74 Å². The Morgan fingerprint density at radius 2 is 1.88 bits per heavy atom. The molecule has 1 heterocycles. The van der Waals surface area contributed by atoms with Crippen molar-refractivity contribution >= 4 is 41.3 Å². The predicted octanol–water partition coefficient (Wildman–Crippen LogP) is 7.07. The quantitative estimate of drug-likeness (QED) is 0.303. The minimum absolute atomic E-state index is 0.214. The third-order valence-electron chi connectivity index (χ3n) is 4.96. The first-order valence-corrected chi connectivity index (χ1v) is 11.4. The Hall–Kier alpha value is -2.76. The number of unbranched alkanes of at least 4 members (excludes halogenated alkanes) is 2. The summed E-state index contributed by atoms with van der Waals surface area (Å²) in [6.07, 6.45) is 8.57. The van der Waals surface area contributed by atoms with Gasteiger partial charge in [0.05, 0.1) is 17.3 Å². The molecule has 0 fully saturated rings. The van der Waals surface area contributed by atoms with Crippen molar-refractivity contribution in [2.24, 2.45) is 0 Å². The average Bonchev–Trinajstić information content (AvgIpc) is 3.18. The highest BCUT2D eigenvalue weighted by Crippen LogP contribution is 2.30. The van der Waals surface area contributed by atoms with Gasteiger partial charge in [-0.1, -0.05) is 41.4 Å². The molecule has 1 aromatic heterocycles. The van der Waals surface area contributed by atoms with Gasteiger partial charge in [0.1, 0.15) is 11.6 Å². The van der Waals surface area contributed by atoms with Crippen LogP contribution >= 0.6 is 23.2 Å². The lowest BCUT2D eigenvalue weighted by Gasteiger charge is -2.06. The fraction of sp³-hybridized carbons (Fsp3) is 0.280. The largest absolute Gasteiger partial charge is 0.494 e. The molecule has 0 amide bonds. The van der Waals surface area contributed by atoms with Crippen LogP contribution in [-0.4, -0.2) is 27.2 Å². The highest BCUT2D eigenvalue weighted by molar-refractivity contribution is 6.36. The van der Waals surface area contributed by atoms with Crippen LogP contribution in [0.1, 0.15) is 44.0 Å². The first kappa shape index (κ1) is 23.9. The highest BCUT2D eigenvalue weighted by atomic mass is 35.5. The number of hydrogen-bond donors (Lipinski definition) is 1. The molecule has 0 atom stereocenters. The minimum Gasteiger partial charge on any atom is -0.494 e. The van der Waals surface area contributed by atoms with Crippen molar-refractivity contribution in [2.75, 3.05) is 6.61 Å². The summed E-state index contributed by atoms with van der Waals surface area (Å²) in [4.78, 5) is 15.2. The molecule has 3 aromatic rings. The van der Waals surface area contributed by atoms with E-state index in [1.807, 2.05) is 54.7 Å². The third-order valence-corrected chi connectivity index (χ3v) is 5.51. The summed E-state index contributed by atoms with van der Waals surface area (Å²) >= 11 is 12.3. The van der Waals surface area contributed by atoms with Gasteiger partial charge >= 0.3 is 5.97 Å². The maximum absolute atomic E-state index is 10.5. The lowest BCUT2D eigenvalue weighted by atomic mass is 10.2. The van der Waals surface area contributed by atoms with Gasteiger partial charge in [-0.2, -0.15) is 0 Å². The molecule has 0 unspecified atom stereocenters. The van der Waals surface area contributed by atoms with E-state index >= 15 is 0 Å². The molecule has 168 valence electrons. The zero-order chi connectivity index (χ0) is 22.9. The van der Waals surface area contributed by atoms with Crippen LogP contribution in [0.15, 0.2) is 48.7 Å². The molecule has 7 heteroatoms. The lowest BCUT2D eigenvalue weighted by Crippen LogP contribution is -1.99. The molecule has 0 radical (unpaired) electrons. The molecule has 0 aliphatic carbocycles. The molecule has 0 saturated carbocycles. The Bertz CT molecular complexity index is 1080. The highest BCUT2D eigenvalue weighted by Gasteiger charge is 2.10. The zero-order valence-electron chi connectivity index (χ0n) is 17.9. The summed E-state index contributed by atoms with van der Waals surface area (Å²) in [6, 6.07) is 13.3. The summed E-state index contributed by atoms with van der Waals surface area (Å²) in [7, 11) is 0. The van der Waals surface area contributed by atoms with Crippen molar-refractivity contribution in [3.05, 3.63) is 70.1 Å². The molecule has 3 rings (SSSR count). The normalized spacial score (nSPS) is 11.2. The van der Waals surface area contributed by atoms with Gasteiger partial charge in [-0.3, -0.25) is 4.79 Å². The Morgan fingerprint density at radius 1 is 1.09 bits per heavy atom. The number of halogens is 2. The molecule has 2 aromatic carbocycles. The number of nitrogens with zero attached hydrogens (tertiary/aromatic N) is 2. The lowest BCUT2D eigenvalue weighted by molar-refractivity contribution is -0.137. The molecule has 0 saturated heterocycles. The number of benzene rings is 2. The summed E-state index contributed by atoms with van der Waals surface area (Å²) in [6.45, 7) is 3.44. The fourth-order valence-corrected chi connectivity index (χ4v) is 3.74. The van der Waals surface area contributed by atoms with Crippen molar-refractivity contribution in [2.45, 2.75) is 39.2 Å². The first-order valence-electron chi connectivity index (χ1n) is 10.6. The number of carbonyl (C=O) groups is 1. The summed E-state index contributed by atoms with van der Waals surface area (Å²) in [5.74, 6) is 0.895. The van der Waals surface area contributed by atoms with Crippen LogP contribution in [-0.2, 0) is 11.3 Å². The number of imidazole rings is 1. The molecule has 0 aliphatic rings. The third kappa shape index (κ3) is 6.87. The van der Waals surface area contributed by atoms with Crippen LogP contribution in [0.4, 0.5) is 0 Å². The molecular weight excluding hydrogens is 447 g/mol. The van der Waals surface area contributed by atoms with E-state index in [0.717, 1.165) is 47.8 Å². The molecule has 0 bridgehead atoms. The van der Waals surface area contributed by atoms with Gasteiger partial charge in [0, 0.05) is 29.7 Å². The molecular formula is C25H26Cl2N2O3. The number of carboxylic acids is 1. The minimum atomic E-state index is -0.749. The van der Waals surface area contributed by atoms with Gasteiger partial charge in [0.2, 0.25) is 0 Å². The Balaban J connectivity index is 1.60. The second-order valence-electron chi connectivity index (χ2n) is 7.35. The van der Waals surface area contributed by atoms with E-state index < -0.39 is 5.97 Å². The molecule has 0 aliphatic heterocycles. The van der Waals surface area contributed by atoms with Crippen LogP contribution in [0.5, 0.6) is 5.75 Å². The Labute approximate surface area is 198 Å². The van der Waals surface area contributed by atoms with Gasteiger partial charge in [0.25, 0.3) is 0 Å². The van der Waals surface area contributed by atoms with E-state index in [4.69, 9.17) is 38.0 Å². The second-order valence-corrected chi connectivity index (χ2v) is 8.19. The number of aryl methyl sites for hydroxylation is 1. The van der Waals surface area contributed by atoms with E-state index in [0.29, 0.717) is 23.1 Å². The van der Waals surface area contributed by atoms with Gasteiger partial charge in [-0.05, 0) is 68.2 Å². The van der Waals surface area contributed by atoms with Gasteiger partial charge in [-0.25, -0.2) is 4.98 Å². The van der Waals surface area contributed by atoms with Gasteiger partial charge in [-0.15, -0.1) is 0 Å². The Morgan fingerprint density at radius 3 is 2.56 bits per heavy atom. The van der Waals surface area contributed by atoms with Crippen molar-refractivity contribution < 1.29 is 14.6 Å². The van der Waals surface area contributed by atoms with E-state index in [1.54, 1.807) is 6.07 Å². The topological polar surface area (TPSA) is 64.4 Å². The molecule has 5 nitrogen and oxygen atoms in total. The maximum Gasteiger partial charge on any atom is 0.303 e. The van der Waals surface area contributed by atoms with E-state index in [1.165, 1.54) is 0 Å². The van der Waals surface area contributed by atoms with E-state index in [9.17, 15) is 4.79 Å². The fourth-order valence-electron chi connectivity index (χ4n) is 3.23. The summed E-state index contributed by atoms with van der Waals surface area (Å²) in [5, 5.41) is 9.81. The average molecular weight is 473 g/mol. The number of aliphatic carboxylic acids is 1. The molecule has 0 spiro atoms. The number of hydrogen-bond acceptors (Lipinski definition) is 3. The van der Waals surface area contributed by atoms with Crippen molar-refractivity contribution in [3.63, 3.8) is 0 Å². The van der Waals surface area contributed by atoms with Gasteiger partial charge < -0.3 is 14.4 Å². The first-order chi connectivity index (χ1) is 15.5. The van der Waals surface area contributed by atoms with Crippen LogP contribution in [0.2, 0.25) is 10.0 Å². The monoisotopic (exact) mass is 472 g/mol. The van der Waals surface area contributed by atoms with Crippen LogP contribution in [0, 0.1) is 0 Å². The van der Waals surface area contributed by atoms with Crippen LogP contribution in [0.25, 0.3) is 23.4 Å². The smallest absolute Gasteiger partial charge is 0.303 e. The molecule has 32 heavy (non-hydrogen) atoms. The number of aromatic nitrogens is 2. The number of carboxylic acid groups (broad SMARTS) is 1. The SMILES string of the molecule is CCn1cc(-c2ccc(Cl)cc2Cl)nc1C=Cc1ccc(OCCCCCC(=O)O)cc1. The van der Waals surface area contributed by atoms with E-state index in [2.05, 4.69) is 11.5 Å². The van der Waals surface area contributed by atoms with Crippen LogP contribution in [0.3, 0.4) is 0 Å². The van der Waals surface area contributed by atoms with E-state index in [-0.39, 0.29) is 6.42 Å². The van der Waals surface area contributed by atoms with Crippen molar-refractivity contribution in [1.82, 2.24) is 9.55 Å².